The fourth-order valence-corrected chi connectivity index (χ4v) is 2.32. The van der Waals surface area contributed by atoms with E-state index in [-0.39, 0.29) is 4.90 Å². The number of hydrogen-bond acceptors (Lipinski definition) is 4. The van der Waals surface area contributed by atoms with Gasteiger partial charge in [0.25, 0.3) is 0 Å². The van der Waals surface area contributed by atoms with Gasteiger partial charge in [-0.05, 0) is 30.5 Å². The zero-order valence-corrected chi connectivity index (χ0v) is 10.7. The van der Waals surface area contributed by atoms with Crippen LogP contribution in [0.4, 0.5) is 5.69 Å². The van der Waals surface area contributed by atoms with Gasteiger partial charge in [0, 0.05) is 5.39 Å². The topological polar surface area (TPSA) is 95.4 Å². The number of sulfonamides is 1. The quantitative estimate of drug-likeness (QED) is 0.822. The van der Waals surface area contributed by atoms with Crippen LogP contribution in [0.3, 0.4) is 0 Å². The van der Waals surface area contributed by atoms with E-state index in [1.165, 1.54) is 12.1 Å². The van der Waals surface area contributed by atoms with Gasteiger partial charge in [0.15, 0.2) is 0 Å². The summed E-state index contributed by atoms with van der Waals surface area (Å²) < 4.78 is 27.9. The summed E-state index contributed by atoms with van der Waals surface area (Å²) >= 11 is 0. The molecule has 0 heterocycles. The molecular formula is C12H14N2O3S. The lowest BCUT2D eigenvalue weighted by atomic mass is 10.1. The van der Waals surface area contributed by atoms with Gasteiger partial charge >= 0.3 is 0 Å². The van der Waals surface area contributed by atoms with E-state index < -0.39 is 10.0 Å². The van der Waals surface area contributed by atoms with Crippen LogP contribution in [0.5, 0.6) is 5.75 Å². The van der Waals surface area contributed by atoms with Crippen molar-refractivity contribution in [2.45, 2.75) is 11.8 Å². The van der Waals surface area contributed by atoms with Crippen LogP contribution >= 0.6 is 0 Å². The number of rotatable bonds is 3. The third-order valence-corrected chi connectivity index (χ3v) is 3.53. The lowest BCUT2D eigenvalue weighted by molar-refractivity contribution is 0.342. The Hall–Kier alpha value is -1.79. The van der Waals surface area contributed by atoms with Crippen LogP contribution in [0.1, 0.15) is 6.92 Å². The SMILES string of the molecule is CCOc1ccc2cc(S(N)(=O)=O)ccc2c1N. The molecule has 4 N–H and O–H groups in total. The van der Waals surface area contributed by atoms with E-state index >= 15 is 0 Å². The molecule has 0 bridgehead atoms. The molecule has 0 spiro atoms. The van der Waals surface area contributed by atoms with Crippen molar-refractivity contribution in [3.8, 4) is 5.75 Å². The van der Waals surface area contributed by atoms with Gasteiger partial charge in [0.05, 0.1) is 17.2 Å². The van der Waals surface area contributed by atoms with Crippen LogP contribution in [-0.2, 0) is 10.0 Å². The van der Waals surface area contributed by atoms with Crippen molar-refractivity contribution in [2.75, 3.05) is 12.3 Å². The van der Waals surface area contributed by atoms with Crippen LogP contribution in [0, 0.1) is 0 Å². The third-order valence-electron chi connectivity index (χ3n) is 2.62. The molecule has 0 aromatic heterocycles. The van der Waals surface area contributed by atoms with Gasteiger partial charge < -0.3 is 10.5 Å². The summed E-state index contributed by atoms with van der Waals surface area (Å²) in [7, 11) is -3.70. The zero-order chi connectivity index (χ0) is 13.3. The monoisotopic (exact) mass is 266 g/mol. The van der Waals surface area contributed by atoms with E-state index in [1.54, 1.807) is 18.2 Å². The maximum atomic E-state index is 11.3. The van der Waals surface area contributed by atoms with Gasteiger partial charge in [-0.25, -0.2) is 13.6 Å². The second-order valence-corrected chi connectivity index (χ2v) is 5.40. The van der Waals surface area contributed by atoms with Crippen LogP contribution in [-0.4, -0.2) is 15.0 Å². The zero-order valence-electron chi connectivity index (χ0n) is 9.88. The molecule has 2 aromatic carbocycles. The molecule has 18 heavy (non-hydrogen) atoms. The number of anilines is 1. The Kier molecular flexibility index (Phi) is 3.14. The van der Waals surface area contributed by atoms with Crippen LogP contribution in [0.2, 0.25) is 0 Å². The van der Waals surface area contributed by atoms with E-state index in [0.29, 0.717) is 23.4 Å². The minimum absolute atomic E-state index is 0.0681. The van der Waals surface area contributed by atoms with Crippen molar-refractivity contribution in [2.24, 2.45) is 5.14 Å². The first-order valence-electron chi connectivity index (χ1n) is 5.41. The van der Waals surface area contributed by atoms with E-state index in [9.17, 15) is 8.42 Å². The minimum atomic E-state index is -3.70. The molecule has 0 amide bonds. The molecule has 2 rings (SSSR count). The molecule has 2 aromatic rings. The maximum Gasteiger partial charge on any atom is 0.238 e. The molecule has 0 fully saturated rings. The first-order valence-corrected chi connectivity index (χ1v) is 6.96. The predicted octanol–water partition coefficient (Wildman–Crippen LogP) is 1.47. The maximum absolute atomic E-state index is 11.3. The van der Waals surface area contributed by atoms with Gasteiger partial charge in [-0.3, -0.25) is 0 Å². The summed E-state index contributed by atoms with van der Waals surface area (Å²) in [4.78, 5) is 0.0681. The number of ether oxygens (including phenoxy) is 1. The summed E-state index contributed by atoms with van der Waals surface area (Å²) in [5, 5.41) is 6.53. The first kappa shape index (κ1) is 12.7. The van der Waals surface area contributed by atoms with E-state index in [4.69, 9.17) is 15.6 Å². The highest BCUT2D eigenvalue weighted by atomic mass is 32.2. The van der Waals surface area contributed by atoms with Gasteiger partial charge in [0.2, 0.25) is 10.0 Å². The molecule has 0 radical (unpaired) electrons. The van der Waals surface area contributed by atoms with E-state index in [0.717, 1.165) is 5.39 Å². The standard InChI is InChI=1S/C12H14N2O3S/c1-2-17-11-6-3-8-7-9(18(14,15)16)4-5-10(8)12(11)13/h3-7H,2,13H2,1H3,(H2,14,15,16). The highest BCUT2D eigenvalue weighted by Gasteiger charge is 2.11. The molecule has 0 aliphatic heterocycles. The summed E-state index contributed by atoms with van der Waals surface area (Å²) in [6.07, 6.45) is 0. The van der Waals surface area contributed by atoms with Crippen LogP contribution < -0.4 is 15.6 Å². The average molecular weight is 266 g/mol. The fourth-order valence-electron chi connectivity index (χ4n) is 1.77. The molecule has 96 valence electrons. The van der Waals surface area contributed by atoms with Gasteiger partial charge in [-0.1, -0.05) is 12.1 Å². The largest absolute Gasteiger partial charge is 0.492 e. The molecule has 0 unspecified atom stereocenters. The summed E-state index contributed by atoms with van der Waals surface area (Å²) in [6.45, 7) is 2.39. The summed E-state index contributed by atoms with van der Waals surface area (Å²) in [6, 6.07) is 8.03. The van der Waals surface area contributed by atoms with E-state index in [1.807, 2.05) is 6.92 Å². The Morgan fingerprint density at radius 2 is 1.94 bits per heavy atom. The summed E-state index contributed by atoms with van der Waals surface area (Å²) in [5.74, 6) is 0.591. The highest BCUT2D eigenvalue weighted by Crippen LogP contribution is 2.31. The predicted molar refractivity (Wildman–Crippen MR) is 70.9 cm³/mol. The molecule has 0 saturated heterocycles. The Bertz CT molecular complexity index is 696. The minimum Gasteiger partial charge on any atom is -0.492 e. The molecule has 0 atom stereocenters. The number of benzene rings is 2. The molecule has 5 nitrogen and oxygen atoms in total. The molecule has 0 aliphatic rings. The Morgan fingerprint density at radius 3 is 2.56 bits per heavy atom. The lowest BCUT2D eigenvalue weighted by Gasteiger charge is -2.10. The third kappa shape index (κ3) is 2.25. The second kappa shape index (κ2) is 4.47. The van der Waals surface area contributed by atoms with Crippen LogP contribution in [0.25, 0.3) is 10.8 Å². The van der Waals surface area contributed by atoms with Crippen LogP contribution in [0.15, 0.2) is 35.2 Å². The fraction of sp³-hybridized carbons (Fsp3) is 0.167. The number of nitrogens with two attached hydrogens (primary N) is 2. The average Bonchev–Trinajstić information content (AvgIpc) is 2.31. The Morgan fingerprint density at radius 1 is 1.22 bits per heavy atom. The van der Waals surface area contributed by atoms with Crippen molar-refractivity contribution in [1.29, 1.82) is 0 Å². The molecule has 0 aliphatic carbocycles. The van der Waals surface area contributed by atoms with Gasteiger partial charge in [-0.2, -0.15) is 0 Å². The number of fused-ring (bicyclic) bond motifs is 1. The lowest BCUT2D eigenvalue weighted by Crippen LogP contribution is -2.11. The number of nitrogen functional groups attached to an aromatic ring is 1. The molecule has 6 heteroatoms. The Labute approximate surface area is 105 Å². The normalized spacial score (nSPS) is 11.7. The van der Waals surface area contributed by atoms with Crippen molar-refractivity contribution in [1.82, 2.24) is 0 Å². The smallest absolute Gasteiger partial charge is 0.238 e. The van der Waals surface area contributed by atoms with Gasteiger partial charge in [-0.15, -0.1) is 0 Å². The van der Waals surface area contributed by atoms with Gasteiger partial charge in [0.1, 0.15) is 5.75 Å². The number of hydrogen-bond donors (Lipinski definition) is 2. The molecule has 0 saturated carbocycles. The number of primary sulfonamides is 1. The Balaban J connectivity index is 2.65. The van der Waals surface area contributed by atoms with E-state index in [2.05, 4.69) is 0 Å². The second-order valence-electron chi connectivity index (χ2n) is 3.84. The van der Waals surface area contributed by atoms with Crippen molar-refractivity contribution >= 4 is 26.5 Å². The highest BCUT2D eigenvalue weighted by molar-refractivity contribution is 7.89. The summed E-state index contributed by atoms with van der Waals surface area (Å²) in [5.41, 5.74) is 6.45. The first-order chi connectivity index (χ1) is 8.43. The van der Waals surface area contributed by atoms with Crippen molar-refractivity contribution in [3.05, 3.63) is 30.3 Å². The molecular weight excluding hydrogens is 252 g/mol. The van der Waals surface area contributed by atoms with Crippen molar-refractivity contribution in [3.63, 3.8) is 0 Å². The van der Waals surface area contributed by atoms with Crippen molar-refractivity contribution < 1.29 is 13.2 Å².